The van der Waals surface area contributed by atoms with Crippen molar-refractivity contribution in [3.63, 3.8) is 0 Å². The maximum Gasteiger partial charge on any atom is 0.264 e. The van der Waals surface area contributed by atoms with Crippen LogP contribution in [0, 0.1) is 11.8 Å². The summed E-state index contributed by atoms with van der Waals surface area (Å²) in [5.41, 5.74) is 0. The van der Waals surface area contributed by atoms with Crippen molar-refractivity contribution in [1.82, 2.24) is 9.80 Å². The first-order chi connectivity index (χ1) is 9.70. The third-order valence-corrected chi connectivity index (χ3v) is 4.26. The monoisotopic (exact) mass is 292 g/mol. The molecule has 5 heteroatoms. The highest BCUT2D eigenvalue weighted by molar-refractivity contribution is 7.14. The van der Waals surface area contributed by atoms with E-state index < -0.39 is 0 Å². The summed E-state index contributed by atoms with van der Waals surface area (Å²) in [5.74, 6) is 5.96. The molecule has 1 amide bonds. The van der Waals surface area contributed by atoms with Gasteiger partial charge in [0.25, 0.3) is 5.91 Å². The fourth-order valence-electron chi connectivity index (χ4n) is 2.13. The molecule has 0 radical (unpaired) electrons. The Hall–Kier alpha value is -1.35. The van der Waals surface area contributed by atoms with E-state index in [0.717, 1.165) is 42.4 Å². The number of nitrogens with zero attached hydrogens (tertiary/aromatic N) is 2. The number of amides is 1. The van der Waals surface area contributed by atoms with E-state index in [4.69, 9.17) is 5.11 Å². The van der Waals surface area contributed by atoms with Gasteiger partial charge < -0.3 is 14.9 Å². The van der Waals surface area contributed by atoms with Gasteiger partial charge in [-0.2, -0.15) is 0 Å². The first-order valence-electron chi connectivity index (χ1n) is 6.88. The Labute approximate surface area is 124 Å². The van der Waals surface area contributed by atoms with Crippen LogP contribution in [0.15, 0.2) is 12.1 Å². The van der Waals surface area contributed by atoms with Crippen LogP contribution in [0.5, 0.6) is 0 Å². The van der Waals surface area contributed by atoms with E-state index in [9.17, 15) is 4.79 Å². The average Bonchev–Trinajstić information content (AvgIpc) is 2.80. The van der Waals surface area contributed by atoms with Gasteiger partial charge in [0, 0.05) is 26.1 Å². The molecule has 0 spiro atoms. The summed E-state index contributed by atoms with van der Waals surface area (Å²) in [7, 11) is 2.09. The molecule has 1 fully saturated rings. The number of hydrogen-bond donors (Lipinski definition) is 1. The summed E-state index contributed by atoms with van der Waals surface area (Å²) in [4.78, 5) is 18.3. The van der Waals surface area contributed by atoms with Gasteiger partial charge >= 0.3 is 0 Å². The van der Waals surface area contributed by atoms with E-state index in [1.54, 1.807) is 0 Å². The third kappa shape index (κ3) is 4.07. The summed E-state index contributed by atoms with van der Waals surface area (Å²) in [6, 6.07) is 3.73. The number of hydrogen-bond acceptors (Lipinski definition) is 4. The number of rotatable bonds is 2. The Morgan fingerprint density at radius 2 is 2.20 bits per heavy atom. The van der Waals surface area contributed by atoms with E-state index in [0.29, 0.717) is 6.42 Å². The molecule has 108 valence electrons. The summed E-state index contributed by atoms with van der Waals surface area (Å²) in [5, 5.41) is 8.69. The second-order valence-corrected chi connectivity index (χ2v) is 5.97. The highest BCUT2D eigenvalue weighted by atomic mass is 32.1. The molecule has 1 aromatic rings. The van der Waals surface area contributed by atoms with Crippen LogP contribution in [0.25, 0.3) is 0 Å². The van der Waals surface area contributed by atoms with Gasteiger partial charge in [0.05, 0.1) is 16.4 Å². The van der Waals surface area contributed by atoms with Crippen LogP contribution >= 0.6 is 11.3 Å². The second kappa shape index (κ2) is 7.44. The van der Waals surface area contributed by atoms with Crippen molar-refractivity contribution < 1.29 is 9.90 Å². The molecule has 0 unspecified atom stereocenters. The number of thiophene rings is 1. The zero-order valence-corrected chi connectivity index (χ0v) is 12.6. The maximum atomic E-state index is 12.4. The quantitative estimate of drug-likeness (QED) is 0.835. The van der Waals surface area contributed by atoms with Crippen molar-refractivity contribution in [3.05, 3.63) is 21.9 Å². The average molecular weight is 292 g/mol. The van der Waals surface area contributed by atoms with Crippen LogP contribution < -0.4 is 0 Å². The van der Waals surface area contributed by atoms with E-state index in [2.05, 4.69) is 23.8 Å². The third-order valence-electron chi connectivity index (χ3n) is 3.27. The predicted octanol–water partition coefficient (Wildman–Crippen LogP) is 1.26. The molecule has 0 atom stereocenters. The van der Waals surface area contributed by atoms with Crippen molar-refractivity contribution >= 4 is 17.2 Å². The minimum absolute atomic E-state index is 0.0749. The maximum absolute atomic E-state index is 12.4. The lowest BCUT2D eigenvalue weighted by Gasteiger charge is -2.19. The van der Waals surface area contributed by atoms with Crippen LogP contribution in [0.1, 0.15) is 27.4 Å². The molecule has 0 aromatic carbocycles. The van der Waals surface area contributed by atoms with Crippen molar-refractivity contribution in [1.29, 1.82) is 0 Å². The summed E-state index contributed by atoms with van der Waals surface area (Å²) < 4.78 is 0. The fourth-order valence-corrected chi connectivity index (χ4v) is 2.98. The van der Waals surface area contributed by atoms with Crippen LogP contribution in [0.2, 0.25) is 0 Å². The number of likely N-dealkylation sites (N-methyl/N-ethyl adjacent to an activating group) is 1. The molecule has 1 aromatic heterocycles. The van der Waals surface area contributed by atoms with E-state index in [1.165, 1.54) is 11.3 Å². The Bertz CT molecular complexity index is 515. The Kier molecular flexibility index (Phi) is 5.60. The van der Waals surface area contributed by atoms with Crippen molar-refractivity contribution in [2.24, 2.45) is 0 Å². The molecule has 2 heterocycles. The van der Waals surface area contributed by atoms with Gasteiger partial charge in [0.1, 0.15) is 0 Å². The SMILES string of the molecule is CN1CCCN(C(=O)c2ccc(C#CCCO)s2)CC1. The molecular weight excluding hydrogens is 272 g/mol. The van der Waals surface area contributed by atoms with Gasteiger partial charge in [-0.1, -0.05) is 11.8 Å². The topological polar surface area (TPSA) is 43.8 Å². The van der Waals surface area contributed by atoms with Gasteiger partial charge in [-0.05, 0) is 32.1 Å². The molecule has 20 heavy (non-hydrogen) atoms. The molecular formula is C15H20N2O2S. The Morgan fingerprint density at radius 1 is 1.35 bits per heavy atom. The predicted molar refractivity (Wildman–Crippen MR) is 80.9 cm³/mol. The molecule has 0 aliphatic carbocycles. The molecule has 1 N–H and O–H groups in total. The zero-order chi connectivity index (χ0) is 14.4. The highest BCUT2D eigenvalue weighted by Gasteiger charge is 2.19. The zero-order valence-electron chi connectivity index (χ0n) is 11.8. The van der Waals surface area contributed by atoms with Gasteiger partial charge in [-0.3, -0.25) is 4.79 Å². The molecule has 1 aliphatic heterocycles. The van der Waals surface area contributed by atoms with Gasteiger partial charge in [-0.15, -0.1) is 11.3 Å². The summed E-state index contributed by atoms with van der Waals surface area (Å²) >= 11 is 1.43. The number of aliphatic hydroxyl groups is 1. The van der Waals surface area contributed by atoms with Crippen LogP contribution in [0.3, 0.4) is 0 Å². The Balaban J connectivity index is 2.00. The first kappa shape index (κ1) is 15.0. The lowest BCUT2D eigenvalue weighted by atomic mass is 10.3. The highest BCUT2D eigenvalue weighted by Crippen LogP contribution is 2.18. The molecule has 0 bridgehead atoms. The number of carbonyl (C=O) groups excluding carboxylic acids is 1. The van der Waals surface area contributed by atoms with E-state index in [1.807, 2.05) is 17.0 Å². The number of aliphatic hydroxyl groups excluding tert-OH is 1. The summed E-state index contributed by atoms with van der Waals surface area (Å²) in [6.45, 7) is 3.67. The lowest BCUT2D eigenvalue weighted by molar-refractivity contribution is 0.0767. The lowest BCUT2D eigenvalue weighted by Crippen LogP contribution is -2.34. The minimum Gasteiger partial charge on any atom is -0.395 e. The van der Waals surface area contributed by atoms with Gasteiger partial charge in [0.15, 0.2) is 0 Å². The number of carbonyl (C=O) groups is 1. The van der Waals surface area contributed by atoms with Crippen LogP contribution in [-0.2, 0) is 0 Å². The second-order valence-electron chi connectivity index (χ2n) is 4.89. The molecule has 4 nitrogen and oxygen atoms in total. The van der Waals surface area contributed by atoms with Crippen LogP contribution in [0.4, 0.5) is 0 Å². The van der Waals surface area contributed by atoms with E-state index in [-0.39, 0.29) is 12.5 Å². The molecule has 2 rings (SSSR count). The van der Waals surface area contributed by atoms with Crippen molar-refractivity contribution in [2.75, 3.05) is 39.8 Å². The standard InChI is InChI=1S/C15H20N2O2S/c1-16-8-4-9-17(11-10-16)15(19)14-7-6-13(20-14)5-2-3-12-18/h6-7,18H,3-4,8-12H2,1H3. The van der Waals surface area contributed by atoms with Crippen molar-refractivity contribution in [2.45, 2.75) is 12.8 Å². The van der Waals surface area contributed by atoms with E-state index >= 15 is 0 Å². The van der Waals surface area contributed by atoms with Gasteiger partial charge in [0.2, 0.25) is 0 Å². The fraction of sp³-hybridized carbons (Fsp3) is 0.533. The normalized spacial score (nSPS) is 16.4. The molecule has 0 saturated carbocycles. The first-order valence-corrected chi connectivity index (χ1v) is 7.70. The van der Waals surface area contributed by atoms with Gasteiger partial charge in [-0.25, -0.2) is 0 Å². The molecule has 1 saturated heterocycles. The smallest absolute Gasteiger partial charge is 0.264 e. The summed E-state index contributed by atoms with van der Waals surface area (Å²) in [6.07, 6.45) is 1.50. The van der Waals surface area contributed by atoms with Crippen molar-refractivity contribution in [3.8, 4) is 11.8 Å². The Morgan fingerprint density at radius 3 is 3.00 bits per heavy atom. The minimum atomic E-state index is 0.0749. The largest absolute Gasteiger partial charge is 0.395 e. The molecule has 1 aliphatic rings. The van der Waals surface area contributed by atoms with Crippen LogP contribution in [-0.4, -0.2) is 60.6 Å².